The number of piperidine rings is 1. The molecule has 1 N–H and O–H groups in total. The van der Waals surface area contributed by atoms with Gasteiger partial charge in [-0.25, -0.2) is 0 Å². The van der Waals surface area contributed by atoms with Crippen LogP contribution in [0.5, 0.6) is 5.75 Å². The van der Waals surface area contributed by atoms with E-state index in [4.69, 9.17) is 0 Å². The monoisotopic (exact) mass is 356 g/mol. The van der Waals surface area contributed by atoms with E-state index >= 15 is 0 Å². The van der Waals surface area contributed by atoms with E-state index in [0.717, 1.165) is 24.9 Å². The number of hydrogen-bond acceptors (Lipinski definition) is 4. The lowest BCUT2D eigenvalue weighted by atomic mass is 9.61. The number of fused-ring (bicyclic) bond motifs is 4. The first-order chi connectivity index (χ1) is 11.9. The summed E-state index contributed by atoms with van der Waals surface area (Å²) >= 11 is 1.55. The van der Waals surface area contributed by atoms with Crippen LogP contribution in [0.25, 0.3) is 0 Å². The van der Waals surface area contributed by atoms with Gasteiger partial charge in [-0.1, -0.05) is 13.0 Å². The first-order valence-corrected chi connectivity index (χ1v) is 9.68. The average Bonchev–Trinajstić information content (AvgIpc) is 3.12. The molecule has 3 atom stereocenters. The van der Waals surface area contributed by atoms with E-state index in [1.165, 1.54) is 11.1 Å². The molecule has 1 aromatic carbocycles. The van der Waals surface area contributed by atoms with Crippen molar-refractivity contribution >= 4 is 17.2 Å². The molecule has 1 fully saturated rings. The zero-order valence-electron chi connectivity index (χ0n) is 14.9. The molecule has 0 radical (unpaired) electrons. The first kappa shape index (κ1) is 16.6. The van der Waals surface area contributed by atoms with Crippen LogP contribution in [0.15, 0.2) is 35.0 Å². The molecule has 1 aliphatic heterocycles. The normalized spacial score (nSPS) is 28.4. The Bertz CT molecular complexity index is 804. The van der Waals surface area contributed by atoms with Crippen molar-refractivity contribution in [2.75, 3.05) is 20.6 Å². The van der Waals surface area contributed by atoms with Crippen molar-refractivity contribution in [3.05, 3.63) is 51.7 Å². The molecule has 0 spiro atoms. The van der Waals surface area contributed by atoms with Gasteiger partial charge in [0.15, 0.2) is 0 Å². The predicted molar refractivity (Wildman–Crippen MR) is 100 cm³/mol. The van der Waals surface area contributed by atoms with E-state index in [0.29, 0.717) is 11.8 Å². The van der Waals surface area contributed by atoms with Crippen LogP contribution in [-0.2, 0) is 11.8 Å². The highest BCUT2D eigenvalue weighted by Gasteiger charge is 2.52. The molecule has 4 rings (SSSR count). The number of likely N-dealkylation sites (N-methyl/N-ethyl adjacent to an activating group) is 2. The number of phenolic OH excluding ortho intramolecular Hbond substituents is 1. The fourth-order valence-electron chi connectivity index (χ4n) is 4.85. The van der Waals surface area contributed by atoms with Gasteiger partial charge in [-0.2, -0.15) is 11.3 Å². The molecular weight excluding hydrogens is 332 g/mol. The highest BCUT2D eigenvalue weighted by molar-refractivity contribution is 7.08. The van der Waals surface area contributed by atoms with Crippen LogP contribution < -0.4 is 0 Å². The third-order valence-corrected chi connectivity index (χ3v) is 6.89. The molecule has 25 heavy (non-hydrogen) atoms. The van der Waals surface area contributed by atoms with Gasteiger partial charge in [0.1, 0.15) is 5.75 Å². The number of benzene rings is 1. The number of rotatable bonds is 2. The van der Waals surface area contributed by atoms with Crippen molar-refractivity contribution in [1.82, 2.24) is 9.80 Å². The molecule has 2 heterocycles. The van der Waals surface area contributed by atoms with Crippen LogP contribution in [0.2, 0.25) is 0 Å². The Morgan fingerprint density at radius 2 is 2.20 bits per heavy atom. The number of thiophene rings is 1. The summed E-state index contributed by atoms with van der Waals surface area (Å²) in [4.78, 5) is 17.4. The molecular formula is C20H24N2O2S. The Balaban J connectivity index is 1.80. The summed E-state index contributed by atoms with van der Waals surface area (Å²) in [5.74, 6) is 0.393. The van der Waals surface area contributed by atoms with Crippen molar-refractivity contribution in [2.45, 2.75) is 37.3 Å². The van der Waals surface area contributed by atoms with Crippen molar-refractivity contribution in [1.29, 1.82) is 0 Å². The largest absolute Gasteiger partial charge is 0.508 e. The average molecular weight is 356 g/mol. The van der Waals surface area contributed by atoms with Gasteiger partial charge in [-0.3, -0.25) is 4.79 Å². The number of nitrogens with zero attached hydrogens (tertiary/aromatic N) is 2. The zero-order chi connectivity index (χ0) is 17.8. The Kier molecular flexibility index (Phi) is 3.89. The lowest BCUT2D eigenvalue weighted by molar-refractivity contribution is 0.00532. The van der Waals surface area contributed by atoms with Gasteiger partial charge >= 0.3 is 0 Å². The van der Waals surface area contributed by atoms with Gasteiger partial charge in [0.25, 0.3) is 5.91 Å². The van der Waals surface area contributed by atoms with E-state index in [1.807, 2.05) is 40.9 Å². The summed E-state index contributed by atoms with van der Waals surface area (Å²) < 4.78 is 0. The summed E-state index contributed by atoms with van der Waals surface area (Å²) in [5.41, 5.74) is 3.11. The van der Waals surface area contributed by atoms with Gasteiger partial charge in [0.05, 0.1) is 11.6 Å². The molecule has 2 aliphatic rings. The molecule has 1 amide bonds. The molecule has 0 saturated carbocycles. The third-order valence-electron chi connectivity index (χ3n) is 6.21. The summed E-state index contributed by atoms with van der Waals surface area (Å²) in [6.45, 7) is 3.26. The van der Waals surface area contributed by atoms with E-state index in [-0.39, 0.29) is 17.4 Å². The lowest BCUT2D eigenvalue weighted by Gasteiger charge is -2.57. The van der Waals surface area contributed by atoms with Crippen molar-refractivity contribution < 1.29 is 9.90 Å². The zero-order valence-corrected chi connectivity index (χ0v) is 15.7. The summed E-state index contributed by atoms with van der Waals surface area (Å²) in [7, 11) is 4.09. The molecule has 1 saturated heterocycles. The minimum atomic E-state index is -0.149. The second kappa shape index (κ2) is 5.85. The molecule has 0 unspecified atom stereocenters. The van der Waals surface area contributed by atoms with E-state index < -0.39 is 0 Å². The Morgan fingerprint density at radius 3 is 2.92 bits per heavy atom. The second-order valence-corrected chi connectivity index (χ2v) is 8.41. The van der Waals surface area contributed by atoms with Crippen molar-refractivity contribution in [3.63, 3.8) is 0 Å². The molecule has 5 heteroatoms. The van der Waals surface area contributed by atoms with Gasteiger partial charge in [-0.05, 0) is 61.1 Å². The smallest absolute Gasteiger partial charge is 0.254 e. The van der Waals surface area contributed by atoms with Crippen LogP contribution in [0.1, 0.15) is 34.8 Å². The van der Waals surface area contributed by atoms with Gasteiger partial charge < -0.3 is 14.9 Å². The number of likely N-dealkylation sites (tertiary alicyclic amines) is 1. The van der Waals surface area contributed by atoms with E-state index in [1.54, 1.807) is 17.4 Å². The highest BCUT2D eigenvalue weighted by Crippen LogP contribution is 2.47. The molecule has 1 aliphatic carbocycles. The number of aromatic hydroxyl groups is 1. The molecule has 2 aromatic rings. The van der Waals surface area contributed by atoms with Crippen LogP contribution in [-0.4, -0.2) is 53.5 Å². The maximum Gasteiger partial charge on any atom is 0.254 e. The molecule has 4 nitrogen and oxygen atoms in total. The van der Waals surface area contributed by atoms with Gasteiger partial charge in [-0.15, -0.1) is 0 Å². The van der Waals surface area contributed by atoms with E-state index in [2.05, 4.69) is 18.9 Å². The number of phenols is 1. The minimum absolute atomic E-state index is 0.0846. The fourth-order valence-corrected chi connectivity index (χ4v) is 5.48. The van der Waals surface area contributed by atoms with Gasteiger partial charge in [0, 0.05) is 23.9 Å². The highest BCUT2D eigenvalue weighted by atomic mass is 32.1. The topological polar surface area (TPSA) is 43.8 Å². The standard InChI is InChI=1S/C20H24N2O2S/c1-20-7-8-21(2)17(10-13-4-5-15(23)11-16(13)20)18(20)22(3)19(24)14-6-9-25-12-14/h4-6,9,11-12,17-18,23H,7-8,10H2,1-3H3/t17-,18+,20-/m1/s1. The van der Waals surface area contributed by atoms with Crippen LogP contribution in [0, 0.1) is 0 Å². The first-order valence-electron chi connectivity index (χ1n) is 8.74. The van der Waals surface area contributed by atoms with E-state index in [9.17, 15) is 9.90 Å². The van der Waals surface area contributed by atoms with Crippen molar-refractivity contribution in [2.24, 2.45) is 0 Å². The van der Waals surface area contributed by atoms with Crippen molar-refractivity contribution in [3.8, 4) is 5.75 Å². The number of amides is 1. The summed E-state index contributed by atoms with van der Waals surface area (Å²) in [5, 5.41) is 13.9. The maximum absolute atomic E-state index is 13.0. The Labute approximate surface area is 152 Å². The Hall–Kier alpha value is -1.85. The second-order valence-electron chi connectivity index (χ2n) is 7.63. The van der Waals surface area contributed by atoms with Crippen LogP contribution >= 0.6 is 11.3 Å². The molecule has 2 bridgehead atoms. The maximum atomic E-state index is 13.0. The van der Waals surface area contributed by atoms with Crippen LogP contribution in [0.4, 0.5) is 0 Å². The quantitative estimate of drug-likeness (QED) is 0.899. The fraction of sp³-hybridized carbons (Fsp3) is 0.450. The third kappa shape index (κ3) is 2.49. The van der Waals surface area contributed by atoms with Gasteiger partial charge in [0.2, 0.25) is 0 Å². The molecule has 1 aromatic heterocycles. The summed E-state index contributed by atoms with van der Waals surface area (Å²) in [6, 6.07) is 8.02. The minimum Gasteiger partial charge on any atom is -0.508 e. The number of carbonyl (C=O) groups is 1. The van der Waals surface area contributed by atoms with Crippen LogP contribution in [0.3, 0.4) is 0 Å². The number of carbonyl (C=O) groups excluding carboxylic acids is 1. The Morgan fingerprint density at radius 1 is 1.40 bits per heavy atom. The SMILES string of the molecule is CN1CC[C@]2(C)c3cc(O)ccc3C[C@@H]1[C@@H]2N(C)C(=O)c1ccsc1. The predicted octanol–water partition coefficient (Wildman–Crippen LogP) is 3.11. The lowest BCUT2D eigenvalue weighted by Crippen LogP contribution is -2.67. The summed E-state index contributed by atoms with van der Waals surface area (Å²) in [6.07, 6.45) is 1.88. The molecule has 132 valence electrons. The number of hydrogen-bond donors (Lipinski definition) is 1.